The van der Waals surface area contributed by atoms with Crippen molar-refractivity contribution >= 4 is 10.9 Å². The van der Waals surface area contributed by atoms with E-state index in [1.54, 1.807) is 61.4 Å². The van der Waals surface area contributed by atoms with Crippen LogP contribution in [-0.2, 0) is 6.54 Å². The van der Waals surface area contributed by atoms with E-state index in [-0.39, 0.29) is 17.9 Å². The smallest absolute Gasteiger partial charge is 0.151 e. The van der Waals surface area contributed by atoms with Crippen molar-refractivity contribution in [1.82, 2.24) is 9.78 Å². The first-order valence-corrected chi connectivity index (χ1v) is 8.73. The molecule has 0 N–H and O–H groups in total. The first kappa shape index (κ1) is 18.0. The van der Waals surface area contributed by atoms with E-state index >= 15 is 0 Å². The molecule has 4 aromatic rings. The zero-order valence-electron chi connectivity index (χ0n) is 15.4. The molecular formula is C22H18F2N2O2. The Morgan fingerprint density at radius 1 is 0.893 bits per heavy atom. The molecular weight excluding hydrogens is 362 g/mol. The fraction of sp³-hybridized carbons (Fsp3) is 0.136. The number of hydrogen-bond donors (Lipinski definition) is 0. The summed E-state index contributed by atoms with van der Waals surface area (Å²) in [5.74, 6) is 0.421. The molecule has 0 radical (unpaired) electrons. The van der Waals surface area contributed by atoms with Crippen molar-refractivity contribution in [2.75, 3.05) is 14.2 Å². The lowest BCUT2D eigenvalue weighted by Gasteiger charge is -2.13. The number of hydrogen-bond acceptors (Lipinski definition) is 3. The van der Waals surface area contributed by atoms with Crippen molar-refractivity contribution in [2.24, 2.45) is 0 Å². The molecule has 0 aliphatic rings. The summed E-state index contributed by atoms with van der Waals surface area (Å²) in [5.41, 5.74) is 2.06. The van der Waals surface area contributed by atoms with Gasteiger partial charge in [-0.3, -0.25) is 4.68 Å². The molecule has 6 heteroatoms. The van der Waals surface area contributed by atoms with E-state index in [0.29, 0.717) is 33.7 Å². The Morgan fingerprint density at radius 2 is 1.68 bits per heavy atom. The highest BCUT2D eigenvalue weighted by atomic mass is 19.1. The van der Waals surface area contributed by atoms with E-state index in [4.69, 9.17) is 9.47 Å². The van der Waals surface area contributed by atoms with E-state index in [9.17, 15) is 8.78 Å². The number of halogens is 2. The minimum Gasteiger partial charge on any atom is -0.497 e. The van der Waals surface area contributed by atoms with Crippen LogP contribution >= 0.6 is 0 Å². The Kier molecular flexibility index (Phi) is 4.69. The van der Waals surface area contributed by atoms with Crippen molar-refractivity contribution in [3.8, 4) is 22.8 Å². The Balaban J connectivity index is 1.97. The van der Waals surface area contributed by atoms with Crippen molar-refractivity contribution < 1.29 is 18.3 Å². The number of fused-ring (bicyclic) bond motifs is 1. The molecule has 3 aromatic carbocycles. The second-order valence-corrected chi connectivity index (χ2v) is 6.30. The predicted molar refractivity (Wildman–Crippen MR) is 104 cm³/mol. The summed E-state index contributed by atoms with van der Waals surface area (Å²) < 4.78 is 41.0. The summed E-state index contributed by atoms with van der Waals surface area (Å²) in [6, 6.07) is 16.6. The van der Waals surface area contributed by atoms with E-state index in [1.165, 1.54) is 12.1 Å². The van der Waals surface area contributed by atoms with Gasteiger partial charge in [0.1, 0.15) is 22.8 Å². The van der Waals surface area contributed by atoms with Gasteiger partial charge in [0.15, 0.2) is 5.82 Å². The van der Waals surface area contributed by atoms with Crippen molar-refractivity contribution in [3.05, 3.63) is 77.9 Å². The van der Waals surface area contributed by atoms with Crippen LogP contribution in [0.2, 0.25) is 0 Å². The van der Waals surface area contributed by atoms with Gasteiger partial charge in [-0.15, -0.1) is 0 Å². The molecule has 142 valence electrons. The Labute approximate surface area is 160 Å². The SMILES string of the molecule is COc1ccc(-c2c3cccc(F)c3nn2Cc2ccccc2F)c(OC)c1. The molecule has 28 heavy (non-hydrogen) atoms. The van der Waals surface area contributed by atoms with Crippen LogP contribution in [0.5, 0.6) is 11.5 Å². The number of aromatic nitrogens is 2. The molecule has 0 saturated carbocycles. The van der Waals surface area contributed by atoms with Gasteiger partial charge in [-0.25, -0.2) is 8.78 Å². The van der Waals surface area contributed by atoms with Crippen LogP contribution in [-0.4, -0.2) is 24.0 Å². The van der Waals surface area contributed by atoms with Gasteiger partial charge in [-0.05, 0) is 24.3 Å². The average molecular weight is 380 g/mol. The van der Waals surface area contributed by atoms with Crippen LogP contribution in [0, 0.1) is 11.6 Å². The van der Waals surface area contributed by atoms with Crippen LogP contribution in [0.4, 0.5) is 8.78 Å². The van der Waals surface area contributed by atoms with Crippen LogP contribution in [0.15, 0.2) is 60.7 Å². The van der Waals surface area contributed by atoms with Gasteiger partial charge in [0.25, 0.3) is 0 Å². The molecule has 0 amide bonds. The first-order valence-electron chi connectivity index (χ1n) is 8.73. The number of nitrogens with zero attached hydrogens (tertiary/aromatic N) is 2. The monoisotopic (exact) mass is 380 g/mol. The number of ether oxygens (including phenoxy) is 2. The standard InChI is InChI=1S/C22H18F2N2O2/c1-27-15-10-11-16(20(12-15)28-2)22-17-7-5-9-19(24)21(17)25-26(22)13-14-6-3-4-8-18(14)23/h3-12H,13H2,1-2H3. The molecule has 1 aromatic heterocycles. The summed E-state index contributed by atoms with van der Waals surface area (Å²) >= 11 is 0. The van der Waals surface area contributed by atoms with E-state index in [0.717, 1.165) is 0 Å². The minimum atomic E-state index is -0.432. The summed E-state index contributed by atoms with van der Waals surface area (Å²) in [7, 11) is 3.13. The number of benzene rings is 3. The third-order valence-corrected chi connectivity index (χ3v) is 4.66. The maximum absolute atomic E-state index is 14.4. The van der Waals surface area contributed by atoms with Gasteiger partial charge in [0, 0.05) is 22.6 Å². The average Bonchev–Trinajstić information content (AvgIpc) is 3.08. The highest BCUT2D eigenvalue weighted by Gasteiger charge is 2.20. The summed E-state index contributed by atoms with van der Waals surface area (Å²) in [4.78, 5) is 0. The summed E-state index contributed by atoms with van der Waals surface area (Å²) in [5, 5.41) is 5.06. The molecule has 4 nitrogen and oxygen atoms in total. The fourth-order valence-corrected chi connectivity index (χ4v) is 3.30. The molecule has 4 rings (SSSR count). The van der Waals surface area contributed by atoms with E-state index < -0.39 is 5.82 Å². The van der Waals surface area contributed by atoms with E-state index in [1.807, 2.05) is 6.07 Å². The summed E-state index contributed by atoms with van der Waals surface area (Å²) in [6.07, 6.45) is 0. The maximum atomic E-state index is 14.4. The highest BCUT2D eigenvalue weighted by Crippen LogP contribution is 2.38. The zero-order valence-corrected chi connectivity index (χ0v) is 15.4. The van der Waals surface area contributed by atoms with Crippen molar-refractivity contribution in [3.63, 3.8) is 0 Å². The van der Waals surface area contributed by atoms with Crippen LogP contribution in [0.3, 0.4) is 0 Å². The highest BCUT2D eigenvalue weighted by molar-refractivity contribution is 5.95. The molecule has 0 atom stereocenters. The topological polar surface area (TPSA) is 36.3 Å². The minimum absolute atomic E-state index is 0.158. The normalized spacial score (nSPS) is 11.0. The second kappa shape index (κ2) is 7.31. The van der Waals surface area contributed by atoms with Gasteiger partial charge in [0.05, 0.1) is 26.5 Å². The van der Waals surface area contributed by atoms with Gasteiger partial charge in [0.2, 0.25) is 0 Å². The molecule has 0 unspecified atom stereocenters. The molecule has 0 aliphatic heterocycles. The number of methoxy groups -OCH3 is 2. The second-order valence-electron chi connectivity index (χ2n) is 6.30. The summed E-state index contributed by atoms with van der Waals surface area (Å²) in [6.45, 7) is 0.158. The maximum Gasteiger partial charge on any atom is 0.151 e. The van der Waals surface area contributed by atoms with E-state index in [2.05, 4.69) is 5.10 Å². The van der Waals surface area contributed by atoms with Crippen molar-refractivity contribution in [1.29, 1.82) is 0 Å². The number of rotatable bonds is 5. The lowest BCUT2D eigenvalue weighted by Crippen LogP contribution is -2.06. The van der Waals surface area contributed by atoms with Gasteiger partial charge in [-0.1, -0.05) is 30.3 Å². The largest absolute Gasteiger partial charge is 0.497 e. The third kappa shape index (κ3) is 3.07. The molecule has 0 saturated heterocycles. The van der Waals surface area contributed by atoms with Crippen LogP contribution < -0.4 is 9.47 Å². The fourth-order valence-electron chi connectivity index (χ4n) is 3.30. The first-order chi connectivity index (χ1) is 13.6. The van der Waals surface area contributed by atoms with Crippen molar-refractivity contribution in [2.45, 2.75) is 6.54 Å². The van der Waals surface area contributed by atoms with Gasteiger partial charge >= 0.3 is 0 Å². The van der Waals surface area contributed by atoms with Crippen LogP contribution in [0.1, 0.15) is 5.56 Å². The molecule has 0 spiro atoms. The molecule has 0 fully saturated rings. The molecule has 0 aliphatic carbocycles. The Bertz CT molecular complexity index is 1150. The molecule has 1 heterocycles. The predicted octanol–water partition coefficient (Wildman–Crippen LogP) is 5.05. The quantitative estimate of drug-likeness (QED) is 0.486. The lowest BCUT2D eigenvalue weighted by molar-refractivity contribution is 0.395. The Morgan fingerprint density at radius 3 is 2.43 bits per heavy atom. The Hall–Kier alpha value is -3.41. The van der Waals surface area contributed by atoms with Gasteiger partial charge in [-0.2, -0.15) is 5.10 Å². The zero-order chi connectivity index (χ0) is 19.7. The van der Waals surface area contributed by atoms with Crippen LogP contribution in [0.25, 0.3) is 22.2 Å². The third-order valence-electron chi connectivity index (χ3n) is 4.66. The lowest BCUT2D eigenvalue weighted by atomic mass is 10.1. The molecule has 0 bridgehead atoms. The van der Waals surface area contributed by atoms with Gasteiger partial charge < -0.3 is 9.47 Å².